The predicted molar refractivity (Wildman–Crippen MR) is 61.6 cm³/mol. The van der Waals surface area contributed by atoms with E-state index in [2.05, 4.69) is 36.2 Å². The van der Waals surface area contributed by atoms with E-state index < -0.39 is 0 Å². The molecule has 76 valence electrons. The Bertz CT molecular complexity index is 435. The molecule has 0 saturated heterocycles. The zero-order valence-electron chi connectivity index (χ0n) is 9.01. The van der Waals surface area contributed by atoms with E-state index in [1.807, 2.05) is 30.6 Å². The van der Waals surface area contributed by atoms with Crippen LogP contribution in [0.5, 0.6) is 0 Å². The van der Waals surface area contributed by atoms with Crippen LogP contribution in [0.2, 0.25) is 0 Å². The molecule has 0 fully saturated rings. The van der Waals surface area contributed by atoms with Gasteiger partial charge in [-0.05, 0) is 17.0 Å². The molecule has 0 saturated carbocycles. The lowest BCUT2D eigenvalue weighted by molar-refractivity contribution is 0.844. The lowest BCUT2D eigenvalue weighted by Crippen LogP contribution is -1.95. The second-order valence-corrected chi connectivity index (χ2v) is 3.88. The fraction of sp³-hybridized carbons (Fsp3) is 0.231. The van der Waals surface area contributed by atoms with Gasteiger partial charge in [0.2, 0.25) is 0 Å². The Labute approximate surface area is 90.0 Å². The van der Waals surface area contributed by atoms with Crippen molar-refractivity contribution in [2.45, 2.75) is 19.8 Å². The SMILES string of the molecule is CC(C)c1cnncc1-c1ccccc1. The highest BCUT2D eigenvalue weighted by Crippen LogP contribution is 2.26. The highest BCUT2D eigenvalue weighted by molar-refractivity contribution is 5.66. The van der Waals surface area contributed by atoms with E-state index in [9.17, 15) is 0 Å². The van der Waals surface area contributed by atoms with Crippen molar-refractivity contribution in [3.8, 4) is 11.1 Å². The van der Waals surface area contributed by atoms with Crippen LogP contribution in [-0.2, 0) is 0 Å². The van der Waals surface area contributed by atoms with Crippen LogP contribution in [0, 0.1) is 0 Å². The number of hydrogen-bond donors (Lipinski definition) is 0. The van der Waals surface area contributed by atoms with Gasteiger partial charge in [-0.1, -0.05) is 44.2 Å². The van der Waals surface area contributed by atoms with Gasteiger partial charge in [-0.2, -0.15) is 10.2 Å². The lowest BCUT2D eigenvalue weighted by atomic mass is 9.96. The smallest absolute Gasteiger partial charge is 0.0577 e. The van der Waals surface area contributed by atoms with Crippen LogP contribution in [0.25, 0.3) is 11.1 Å². The molecule has 1 aromatic carbocycles. The summed E-state index contributed by atoms with van der Waals surface area (Å²) in [5.41, 5.74) is 3.63. The molecular weight excluding hydrogens is 184 g/mol. The Morgan fingerprint density at radius 3 is 2.27 bits per heavy atom. The lowest BCUT2D eigenvalue weighted by Gasteiger charge is -2.10. The van der Waals surface area contributed by atoms with Crippen LogP contribution in [0.15, 0.2) is 42.7 Å². The van der Waals surface area contributed by atoms with E-state index in [1.54, 1.807) is 0 Å². The van der Waals surface area contributed by atoms with Crippen molar-refractivity contribution in [3.63, 3.8) is 0 Å². The molecule has 2 heteroatoms. The molecule has 0 aliphatic carbocycles. The van der Waals surface area contributed by atoms with Crippen molar-refractivity contribution in [3.05, 3.63) is 48.3 Å². The minimum absolute atomic E-state index is 0.468. The third-order valence-corrected chi connectivity index (χ3v) is 2.47. The Morgan fingerprint density at radius 1 is 0.933 bits per heavy atom. The van der Waals surface area contributed by atoms with E-state index in [1.165, 1.54) is 16.7 Å². The minimum Gasteiger partial charge on any atom is -0.159 e. The van der Waals surface area contributed by atoms with Crippen molar-refractivity contribution < 1.29 is 0 Å². The number of benzene rings is 1. The minimum atomic E-state index is 0.468. The average Bonchev–Trinajstić information content (AvgIpc) is 2.30. The normalized spacial score (nSPS) is 10.6. The van der Waals surface area contributed by atoms with Crippen LogP contribution in [0.1, 0.15) is 25.3 Å². The predicted octanol–water partition coefficient (Wildman–Crippen LogP) is 3.27. The van der Waals surface area contributed by atoms with E-state index in [0.717, 1.165) is 0 Å². The molecule has 0 radical (unpaired) electrons. The van der Waals surface area contributed by atoms with Crippen molar-refractivity contribution in [1.82, 2.24) is 10.2 Å². The Balaban J connectivity index is 2.53. The molecule has 0 atom stereocenters. The summed E-state index contributed by atoms with van der Waals surface area (Å²) in [5.74, 6) is 0.468. The van der Waals surface area contributed by atoms with Gasteiger partial charge in [0, 0.05) is 5.56 Å². The molecule has 0 unspecified atom stereocenters. The first kappa shape index (κ1) is 9.84. The molecule has 2 nitrogen and oxygen atoms in total. The monoisotopic (exact) mass is 198 g/mol. The van der Waals surface area contributed by atoms with Crippen LogP contribution in [0.3, 0.4) is 0 Å². The van der Waals surface area contributed by atoms with Crippen molar-refractivity contribution in [2.75, 3.05) is 0 Å². The van der Waals surface area contributed by atoms with Crippen molar-refractivity contribution in [1.29, 1.82) is 0 Å². The molecule has 0 N–H and O–H groups in total. The van der Waals surface area contributed by atoms with Gasteiger partial charge >= 0.3 is 0 Å². The van der Waals surface area contributed by atoms with Crippen LogP contribution in [-0.4, -0.2) is 10.2 Å². The topological polar surface area (TPSA) is 25.8 Å². The van der Waals surface area contributed by atoms with Gasteiger partial charge in [-0.15, -0.1) is 0 Å². The average molecular weight is 198 g/mol. The van der Waals surface area contributed by atoms with E-state index >= 15 is 0 Å². The highest BCUT2D eigenvalue weighted by atomic mass is 15.1. The van der Waals surface area contributed by atoms with Crippen LogP contribution in [0.4, 0.5) is 0 Å². The molecule has 0 amide bonds. The first-order chi connectivity index (χ1) is 7.29. The Morgan fingerprint density at radius 2 is 1.60 bits per heavy atom. The van der Waals surface area contributed by atoms with Gasteiger partial charge in [-0.3, -0.25) is 0 Å². The molecule has 0 spiro atoms. The summed E-state index contributed by atoms with van der Waals surface area (Å²) in [7, 11) is 0. The van der Waals surface area contributed by atoms with E-state index in [4.69, 9.17) is 0 Å². The second kappa shape index (κ2) is 4.22. The maximum absolute atomic E-state index is 3.95. The Kier molecular flexibility index (Phi) is 2.77. The molecular formula is C13H14N2. The first-order valence-electron chi connectivity index (χ1n) is 5.15. The summed E-state index contributed by atoms with van der Waals surface area (Å²) in [4.78, 5) is 0. The van der Waals surface area contributed by atoms with Crippen molar-refractivity contribution >= 4 is 0 Å². The number of rotatable bonds is 2. The molecule has 15 heavy (non-hydrogen) atoms. The van der Waals surface area contributed by atoms with Gasteiger partial charge in [0.15, 0.2) is 0 Å². The Hall–Kier alpha value is -1.70. The maximum atomic E-state index is 3.95. The summed E-state index contributed by atoms with van der Waals surface area (Å²) in [6.45, 7) is 4.34. The molecule has 1 aromatic heterocycles. The molecule has 1 heterocycles. The van der Waals surface area contributed by atoms with Crippen LogP contribution < -0.4 is 0 Å². The van der Waals surface area contributed by atoms with E-state index in [0.29, 0.717) is 5.92 Å². The van der Waals surface area contributed by atoms with Gasteiger partial charge in [0.05, 0.1) is 12.4 Å². The first-order valence-corrected chi connectivity index (χ1v) is 5.15. The van der Waals surface area contributed by atoms with E-state index in [-0.39, 0.29) is 0 Å². The van der Waals surface area contributed by atoms with Gasteiger partial charge in [0.25, 0.3) is 0 Å². The summed E-state index contributed by atoms with van der Waals surface area (Å²) < 4.78 is 0. The molecule has 0 aliphatic rings. The third-order valence-electron chi connectivity index (χ3n) is 2.47. The summed E-state index contributed by atoms with van der Waals surface area (Å²) in [5, 5.41) is 7.90. The fourth-order valence-electron chi connectivity index (χ4n) is 1.65. The largest absolute Gasteiger partial charge is 0.159 e. The summed E-state index contributed by atoms with van der Waals surface area (Å²) in [6, 6.07) is 10.3. The van der Waals surface area contributed by atoms with Gasteiger partial charge in [-0.25, -0.2) is 0 Å². The van der Waals surface area contributed by atoms with Gasteiger partial charge in [0.1, 0.15) is 0 Å². The van der Waals surface area contributed by atoms with Crippen LogP contribution >= 0.6 is 0 Å². The molecule has 0 bridgehead atoms. The number of nitrogens with zero attached hydrogens (tertiary/aromatic N) is 2. The zero-order chi connectivity index (χ0) is 10.7. The number of hydrogen-bond acceptors (Lipinski definition) is 2. The third kappa shape index (κ3) is 2.04. The summed E-state index contributed by atoms with van der Waals surface area (Å²) >= 11 is 0. The second-order valence-electron chi connectivity index (χ2n) is 3.88. The highest BCUT2D eigenvalue weighted by Gasteiger charge is 2.08. The summed E-state index contributed by atoms with van der Waals surface area (Å²) in [6.07, 6.45) is 3.69. The zero-order valence-corrected chi connectivity index (χ0v) is 9.01. The molecule has 2 aromatic rings. The molecule has 2 rings (SSSR count). The number of aromatic nitrogens is 2. The standard InChI is InChI=1S/C13H14N2/c1-10(2)12-8-14-15-9-13(12)11-6-4-3-5-7-11/h3-10H,1-2H3. The molecule has 0 aliphatic heterocycles. The maximum Gasteiger partial charge on any atom is 0.0577 e. The quantitative estimate of drug-likeness (QED) is 0.740. The van der Waals surface area contributed by atoms with Gasteiger partial charge < -0.3 is 0 Å². The van der Waals surface area contributed by atoms with Crippen molar-refractivity contribution in [2.24, 2.45) is 0 Å². The fourth-order valence-corrected chi connectivity index (χ4v) is 1.65.